The quantitative estimate of drug-likeness (QED) is 0.590. The summed E-state index contributed by atoms with van der Waals surface area (Å²) in [5.74, 6) is 2.47. The molecule has 0 spiro atoms. The minimum absolute atomic E-state index is 0.00312. The second-order valence-electron chi connectivity index (χ2n) is 5.68. The molecule has 120 valence electrons. The highest BCUT2D eigenvalue weighted by atomic mass is 31.0. The van der Waals surface area contributed by atoms with Gasteiger partial charge in [0.05, 0.1) is 14.2 Å². The predicted octanol–water partition coefficient (Wildman–Crippen LogP) is 5.50. The van der Waals surface area contributed by atoms with Gasteiger partial charge in [0, 0.05) is 10.7 Å². The molecule has 0 bridgehead atoms. The lowest BCUT2D eigenvalue weighted by molar-refractivity contribution is 0.368. The molecule has 0 N–H and O–H groups in total. The van der Waals surface area contributed by atoms with E-state index in [1.807, 2.05) is 0 Å². The molecule has 2 nitrogen and oxygen atoms in total. The minimum Gasteiger partial charge on any atom is -0.496 e. The minimum atomic E-state index is 0.00312. The summed E-state index contributed by atoms with van der Waals surface area (Å²) in [5, 5.41) is 0.00312. The van der Waals surface area contributed by atoms with Crippen molar-refractivity contribution < 1.29 is 9.47 Å². The Bertz CT molecular complexity index is 424. The van der Waals surface area contributed by atoms with Gasteiger partial charge in [0.15, 0.2) is 0 Å². The monoisotopic (exact) mass is 310 g/mol. The van der Waals surface area contributed by atoms with Crippen LogP contribution in [0.3, 0.4) is 0 Å². The first-order chi connectivity index (χ1) is 10.0. The van der Waals surface area contributed by atoms with Crippen LogP contribution in [0, 0.1) is 0 Å². The molecule has 1 aromatic rings. The highest BCUT2D eigenvalue weighted by molar-refractivity contribution is 7.18. The van der Waals surface area contributed by atoms with Crippen molar-refractivity contribution in [2.45, 2.75) is 64.5 Å². The molecule has 0 aliphatic carbocycles. The van der Waals surface area contributed by atoms with Crippen LogP contribution >= 0.6 is 9.24 Å². The number of hydrogen-bond donors (Lipinski definition) is 0. The summed E-state index contributed by atoms with van der Waals surface area (Å²) < 4.78 is 11.4. The van der Waals surface area contributed by atoms with Crippen molar-refractivity contribution in [2.24, 2.45) is 0 Å². The van der Waals surface area contributed by atoms with E-state index < -0.39 is 0 Å². The van der Waals surface area contributed by atoms with Crippen LogP contribution in [0.15, 0.2) is 12.1 Å². The SMILES string of the molecule is CCC(CC)c1cc(OC)c(C(P)(CC)CC)c(OC)c1. The molecule has 0 heterocycles. The Labute approximate surface area is 132 Å². The molecule has 21 heavy (non-hydrogen) atoms. The first-order valence-corrected chi connectivity index (χ1v) is 8.64. The molecule has 3 heteroatoms. The first kappa shape index (κ1) is 18.3. The lowest BCUT2D eigenvalue weighted by Crippen LogP contribution is -2.18. The lowest BCUT2D eigenvalue weighted by atomic mass is 9.86. The van der Waals surface area contributed by atoms with Gasteiger partial charge in [-0.25, -0.2) is 0 Å². The van der Waals surface area contributed by atoms with Gasteiger partial charge in [0.2, 0.25) is 0 Å². The highest BCUT2D eigenvalue weighted by Crippen LogP contribution is 2.49. The Balaban J connectivity index is 3.51. The molecule has 0 aromatic heterocycles. The van der Waals surface area contributed by atoms with Gasteiger partial charge in [-0.05, 0) is 49.3 Å². The van der Waals surface area contributed by atoms with E-state index in [-0.39, 0.29) is 5.16 Å². The molecule has 0 aliphatic rings. The molecule has 1 unspecified atom stereocenters. The summed E-state index contributed by atoms with van der Waals surface area (Å²) in [6.07, 6.45) is 4.34. The topological polar surface area (TPSA) is 18.5 Å². The van der Waals surface area contributed by atoms with Crippen LogP contribution in [-0.4, -0.2) is 14.2 Å². The third-order valence-corrected chi connectivity index (χ3v) is 5.85. The summed E-state index contributed by atoms with van der Waals surface area (Å²) in [6.45, 7) is 8.90. The number of methoxy groups -OCH3 is 2. The van der Waals surface area contributed by atoms with E-state index in [4.69, 9.17) is 9.47 Å². The number of benzene rings is 1. The number of ether oxygens (including phenoxy) is 2. The van der Waals surface area contributed by atoms with Gasteiger partial charge in [-0.15, -0.1) is 9.24 Å². The largest absolute Gasteiger partial charge is 0.496 e. The summed E-state index contributed by atoms with van der Waals surface area (Å²) in [4.78, 5) is 0. The van der Waals surface area contributed by atoms with E-state index in [9.17, 15) is 0 Å². The Hall–Kier alpha value is -0.750. The average molecular weight is 310 g/mol. The normalized spacial score (nSPS) is 11.8. The zero-order chi connectivity index (χ0) is 16.0. The van der Waals surface area contributed by atoms with Crippen molar-refractivity contribution in [3.05, 3.63) is 23.3 Å². The van der Waals surface area contributed by atoms with Gasteiger partial charge >= 0.3 is 0 Å². The first-order valence-electron chi connectivity index (χ1n) is 8.06. The molecule has 1 rings (SSSR count). The lowest BCUT2D eigenvalue weighted by Gasteiger charge is -2.31. The van der Waals surface area contributed by atoms with Crippen molar-refractivity contribution in [1.29, 1.82) is 0 Å². The molecular weight excluding hydrogens is 279 g/mol. The van der Waals surface area contributed by atoms with E-state index >= 15 is 0 Å². The van der Waals surface area contributed by atoms with E-state index in [0.29, 0.717) is 5.92 Å². The molecular formula is C18H31O2P. The summed E-state index contributed by atoms with van der Waals surface area (Å²) in [5.41, 5.74) is 2.49. The van der Waals surface area contributed by atoms with Crippen LogP contribution in [-0.2, 0) is 5.16 Å². The van der Waals surface area contributed by atoms with E-state index in [2.05, 4.69) is 49.1 Å². The summed E-state index contributed by atoms with van der Waals surface area (Å²) >= 11 is 0. The third kappa shape index (κ3) is 3.72. The highest BCUT2D eigenvalue weighted by Gasteiger charge is 2.31. The zero-order valence-electron chi connectivity index (χ0n) is 14.5. The maximum Gasteiger partial charge on any atom is 0.126 e. The summed E-state index contributed by atoms with van der Waals surface area (Å²) in [7, 11) is 6.52. The molecule has 1 atom stereocenters. The van der Waals surface area contributed by atoms with Crippen molar-refractivity contribution in [3.8, 4) is 11.5 Å². The second-order valence-corrected chi connectivity index (χ2v) is 6.78. The van der Waals surface area contributed by atoms with E-state index in [0.717, 1.165) is 37.2 Å². The molecule has 1 aromatic carbocycles. The van der Waals surface area contributed by atoms with Crippen molar-refractivity contribution >= 4 is 9.24 Å². The number of hydrogen-bond acceptors (Lipinski definition) is 2. The summed E-state index contributed by atoms with van der Waals surface area (Å²) in [6, 6.07) is 4.42. The fraction of sp³-hybridized carbons (Fsp3) is 0.667. The average Bonchev–Trinajstić information content (AvgIpc) is 2.54. The Morgan fingerprint density at radius 3 is 1.67 bits per heavy atom. The number of rotatable bonds is 8. The fourth-order valence-corrected chi connectivity index (χ4v) is 3.31. The molecule has 0 radical (unpaired) electrons. The Kier molecular flexibility index (Phi) is 7.00. The molecule has 0 aliphatic heterocycles. The van der Waals surface area contributed by atoms with Gasteiger partial charge in [-0.3, -0.25) is 0 Å². The smallest absolute Gasteiger partial charge is 0.126 e. The zero-order valence-corrected chi connectivity index (χ0v) is 15.6. The van der Waals surface area contributed by atoms with Crippen molar-refractivity contribution in [1.82, 2.24) is 0 Å². The predicted molar refractivity (Wildman–Crippen MR) is 94.8 cm³/mol. The Morgan fingerprint density at radius 2 is 1.38 bits per heavy atom. The van der Waals surface area contributed by atoms with Gasteiger partial charge in [-0.2, -0.15) is 0 Å². The van der Waals surface area contributed by atoms with Gasteiger partial charge in [0.25, 0.3) is 0 Å². The van der Waals surface area contributed by atoms with Gasteiger partial charge in [-0.1, -0.05) is 27.7 Å². The van der Waals surface area contributed by atoms with Crippen molar-refractivity contribution in [2.75, 3.05) is 14.2 Å². The molecule has 0 saturated heterocycles. The molecule has 0 fully saturated rings. The third-order valence-electron chi connectivity index (χ3n) is 4.74. The molecule has 0 amide bonds. The van der Waals surface area contributed by atoms with E-state index in [1.54, 1.807) is 14.2 Å². The standard InChI is InChI=1S/C18H31O2P/c1-7-13(8-2)14-11-15(19-5)17(16(12-14)20-6)18(21,9-3)10-4/h11-13H,7-10,21H2,1-6H3. The Morgan fingerprint density at radius 1 is 0.952 bits per heavy atom. The van der Waals surface area contributed by atoms with Crippen LogP contribution in [0.5, 0.6) is 11.5 Å². The fourth-order valence-electron chi connectivity index (χ4n) is 3.02. The second kappa shape index (κ2) is 8.03. The maximum absolute atomic E-state index is 5.72. The van der Waals surface area contributed by atoms with Crippen LogP contribution in [0.4, 0.5) is 0 Å². The van der Waals surface area contributed by atoms with Crippen LogP contribution in [0.25, 0.3) is 0 Å². The van der Waals surface area contributed by atoms with E-state index in [1.165, 1.54) is 11.1 Å². The van der Waals surface area contributed by atoms with Crippen LogP contribution < -0.4 is 9.47 Å². The van der Waals surface area contributed by atoms with Crippen molar-refractivity contribution in [3.63, 3.8) is 0 Å². The molecule has 0 saturated carbocycles. The van der Waals surface area contributed by atoms with Crippen LogP contribution in [0.2, 0.25) is 0 Å². The van der Waals surface area contributed by atoms with Gasteiger partial charge in [0.1, 0.15) is 11.5 Å². The maximum atomic E-state index is 5.72. The van der Waals surface area contributed by atoms with Gasteiger partial charge < -0.3 is 9.47 Å². The van der Waals surface area contributed by atoms with Crippen LogP contribution in [0.1, 0.15) is 70.4 Å².